The molecule has 0 aromatic heterocycles. The maximum atomic E-state index is 11.9. The number of allylic oxidation sites excluding steroid dienone is 7. The zero-order valence-corrected chi connectivity index (χ0v) is 19.6. The van der Waals surface area contributed by atoms with Crippen LogP contribution in [0.25, 0.3) is 5.70 Å². The van der Waals surface area contributed by atoms with Crippen molar-refractivity contribution in [2.75, 3.05) is 14.1 Å². The van der Waals surface area contributed by atoms with E-state index >= 15 is 0 Å². The Bertz CT molecular complexity index is 901. The van der Waals surface area contributed by atoms with Gasteiger partial charge in [-0.05, 0) is 44.1 Å². The molecule has 5 heteroatoms. The lowest BCUT2D eigenvalue weighted by atomic mass is 10.0. The fourth-order valence-corrected chi connectivity index (χ4v) is 3.03. The van der Waals surface area contributed by atoms with Crippen LogP contribution < -0.4 is 0 Å². The van der Waals surface area contributed by atoms with E-state index in [0.717, 1.165) is 4.90 Å². The lowest BCUT2D eigenvalue weighted by Crippen LogP contribution is -2.24. The van der Waals surface area contributed by atoms with Crippen molar-refractivity contribution >= 4 is 23.4 Å². The molecule has 3 rings (SSSR count). The second-order valence-corrected chi connectivity index (χ2v) is 6.88. The number of hydrogen-bond acceptors (Lipinski definition) is 3. The van der Waals surface area contributed by atoms with E-state index in [2.05, 4.69) is 39.2 Å². The smallest absolute Gasteiger partial charge is 0.261 e. The van der Waals surface area contributed by atoms with E-state index in [-0.39, 0.29) is 23.3 Å². The van der Waals surface area contributed by atoms with Gasteiger partial charge in [-0.1, -0.05) is 57.4 Å². The maximum Gasteiger partial charge on any atom is 0.261 e. The highest BCUT2D eigenvalue weighted by molar-refractivity contribution is 6.23. The number of fused-ring (bicyclic) bond motifs is 2. The Labute approximate surface area is 185 Å². The van der Waals surface area contributed by atoms with Gasteiger partial charge in [-0.25, -0.2) is 0 Å². The van der Waals surface area contributed by atoms with Gasteiger partial charge in [0.05, 0.1) is 16.7 Å². The molecule has 1 aromatic carbocycles. The predicted octanol–water partition coefficient (Wildman–Crippen LogP) is 5.64. The van der Waals surface area contributed by atoms with Gasteiger partial charge in [0.2, 0.25) is 0 Å². The number of benzene rings is 1. The van der Waals surface area contributed by atoms with Crippen molar-refractivity contribution in [1.29, 1.82) is 0 Å². The summed E-state index contributed by atoms with van der Waals surface area (Å²) < 4.78 is 0. The Morgan fingerprint density at radius 2 is 1.23 bits per heavy atom. The average Bonchev–Trinajstić information content (AvgIpc) is 3.12. The number of carbonyl (C=O) groups is 3. The van der Waals surface area contributed by atoms with Gasteiger partial charge in [0, 0.05) is 25.4 Å². The number of nitrogens with zero attached hydrogens (tertiary/aromatic N) is 2. The van der Waals surface area contributed by atoms with E-state index in [0.29, 0.717) is 22.4 Å². The summed E-state index contributed by atoms with van der Waals surface area (Å²) in [4.78, 5) is 38.1. The highest BCUT2D eigenvalue weighted by atomic mass is 16.2. The molecular formula is C26H32N2O3. The minimum absolute atomic E-state index is 0.201. The molecular weight excluding hydrogens is 388 g/mol. The molecule has 5 nitrogen and oxygen atoms in total. The Hall–Kier alpha value is -3.47. The van der Waals surface area contributed by atoms with Gasteiger partial charge >= 0.3 is 0 Å². The van der Waals surface area contributed by atoms with Gasteiger partial charge in [0.25, 0.3) is 17.7 Å². The monoisotopic (exact) mass is 420 g/mol. The van der Waals surface area contributed by atoms with Crippen LogP contribution in [0.5, 0.6) is 0 Å². The lowest BCUT2D eigenvalue weighted by Gasteiger charge is -2.08. The summed E-state index contributed by atoms with van der Waals surface area (Å²) in [5, 5.41) is 0. The molecule has 0 N–H and O–H groups in total. The molecule has 0 saturated heterocycles. The van der Waals surface area contributed by atoms with Crippen molar-refractivity contribution in [1.82, 2.24) is 9.80 Å². The third-order valence-electron chi connectivity index (χ3n) is 5.00. The Morgan fingerprint density at radius 1 is 0.806 bits per heavy atom. The number of amides is 3. The topological polar surface area (TPSA) is 57.7 Å². The molecule has 1 aromatic rings. The van der Waals surface area contributed by atoms with E-state index in [1.165, 1.54) is 29.2 Å². The van der Waals surface area contributed by atoms with E-state index in [4.69, 9.17) is 0 Å². The Kier molecular flexibility index (Phi) is 9.13. The molecule has 31 heavy (non-hydrogen) atoms. The van der Waals surface area contributed by atoms with Crippen molar-refractivity contribution in [3.63, 3.8) is 0 Å². The average molecular weight is 421 g/mol. The molecule has 0 saturated carbocycles. The summed E-state index contributed by atoms with van der Waals surface area (Å²) in [5.41, 5.74) is 4.81. The maximum absolute atomic E-state index is 11.9. The molecule has 0 atom stereocenters. The zero-order chi connectivity index (χ0) is 23.9. The van der Waals surface area contributed by atoms with Crippen LogP contribution in [0.15, 0.2) is 66.8 Å². The number of rotatable bonds is 3. The Balaban J connectivity index is 0.000000321. The van der Waals surface area contributed by atoms with Gasteiger partial charge in [-0.2, -0.15) is 0 Å². The number of imide groups is 1. The molecule has 2 aliphatic rings. The van der Waals surface area contributed by atoms with Crippen molar-refractivity contribution in [3.8, 4) is 0 Å². The molecule has 0 unspecified atom stereocenters. The molecule has 0 radical (unpaired) electrons. The molecule has 0 bridgehead atoms. The van der Waals surface area contributed by atoms with E-state index in [9.17, 15) is 14.4 Å². The van der Waals surface area contributed by atoms with Crippen molar-refractivity contribution < 1.29 is 14.4 Å². The van der Waals surface area contributed by atoms with Crippen LogP contribution in [0, 0.1) is 0 Å². The van der Waals surface area contributed by atoms with E-state index < -0.39 is 0 Å². The first-order chi connectivity index (χ1) is 14.6. The zero-order valence-electron chi connectivity index (χ0n) is 19.6. The van der Waals surface area contributed by atoms with Crippen LogP contribution in [0.1, 0.15) is 71.3 Å². The second kappa shape index (κ2) is 11.1. The highest BCUT2D eigenvalue weighted by Crippen LogP contribution is 2.34. The third-order valence-corrected chi connectivity index (χ3v) is 5.00. The summed E-state index contributed by atoms with van der Waals surface area (Å²) in [6.45, 7) is 17.6. The molecule has 0 aliphatic carbocycles. The second-order valence-electron chi connectivity index (χ2n) is 6.88. The van der Waals surface area contributed by atoms with E-state index in [1.54, 1.807) is 19.2 Å². The van der Waals surface area contributed by atoms with Crippen LogP contribution >= 0.6 is 0 Å². The Morgan fingerprint density at radius 3 is 1.71 bits per heavy atom. The summed E-state index contributed by atoms with van der Waals surface area (Å²) in [6, 6.07) is 3.07. The minimum Gasteiger partial charge on any atom is -0.311 e. The highest BCUT2D eigenvalue weighted by Gasteiger charge is 2.37. The summed E-state index contributed by atoms with van der Waals surface area (Å²) in [7, 11) is 3.05. The van der Waals surface area contributed by atoms with Crippen molar-refractivity contribution in [2.45, 2.75) is 34.6 Å². The summed E-state index contributed by atoms with van der Waals surface area (Å²) in [6.07, 6.45) is 9.93. The molecule has 2 aliphatic heterocycles. The van der Waals surface area contributed by atoms with Crippen LogP contribution in [-0.2, 0) is 0 Å². The van der Waals surface area contributed by atoms with Gasteiger partial charge in [0.15, 0.2) is 0 Å². The lowest BCUT2D eigenvalue weighted by molar-refractivity contribution is 0.0693. The van der Waals surface area contributed by atoms with Crippen molar-refractivity contribution in [3.05, 3.63) is 89.1 Å². The van der Waals surface area contributed by atoms with Gasteiger partial charge < -0.3 is 4.90 Å². The summed E-state index contributed by atoms with van der Waals surface area (Å²) >= 11 is 0. The quantitative estimate of drug-likeness (QED) is 0.470. The normalized spacial score (nSPS) is 15.5. The van der Waals surface area contributed by atoms with Crippen molar-refractivity contribution in [2.24, 2.45) is 0 Å². The predicted molar refractivity (Wildman–Crippen MR) is 128 cm³/mol. The molecule has 164 valence electrons. The van der Waals surface area contributed by atoms with Crippen LogP contribution in [0.2, 0.25) is 0 Å². The third kappa shape index (κ3) is 5.18. The SMILES string of the molecule is C=C1c2cc3c(cc2C(=O)N1C)C(=O)N(C)C3=O.C=C\C=C/C(C)=C(C)/C=C\C.CC. The van der Waals surface area contributed by atoms with Crippen LogP contribution in [-0.4, -0.2) is 41.6 Å². The van der Waals surface area contributed by atoms with Crippen LogP contribution in [0.3, 0.4) is 0 Å². The van der Waals surface area contributed by atoms with Crippen LogP contribution in [0.4, 0.5) is 0 Å². The van der Waals surface area contributed by atoms with Gasteiger partial charge in [-0.3, -0.25) is 19.3 Å². The number of carbonyl (C=O) groups excluding carboxylic acids is 3. The van der Waals surface area contributed by atoms with E-state index in [1.807, 2.05) is 32.9 Å². The molecule has 0 spiro atoms. The molecule has 3 amide bonds. The first-order valence-electron chi connectivity index (χ1n) is 10.2. The van der Waals surface area contributed by atoms with Gasteiger partial charge in [-0.15, -0.1) is 0 Å². The first-order valence-corrected chi connectivity index (χ1v) is 10.2. The molecule has 0 fully saturated rings. The fraction of sp³-hybridized carbons (Fsp3) is 0.269. The standard InChI is InChI=1S/C13H10N2O3.C11H16.C2H6/c1-6-7-4-9-10(13(18)15(3)12(9)17)5-8(7)11(16)14(6)2;1-5-7-9-11(4)10(3)8-6-2;1-2/h4-5H,1H2,2-3H3;5-9H,1H2,2-4H3;1-2H3/b;8-6-,9-7-,11-10+;. The fourth-order valence-electron chi connectivity index (χ4n) is 3.03. The number of hydrogen-bond donors (Lipinski definition) is 0. The first kappa shape index (κ1) is 25.6. The summed E-state index contributed by atoms with van der Waals surface area (Å²) in [5.74, 6) is -0.911. The minimum atomic E-state index is -0.370. The molecule has 2 heterocycles. The van der Waals surface area contributed by atoms with Gasteiger partial charge in [0.1, 0.15) is 0 Å². The largest absolute Gasteiger partial charge is 0.311 e.